The molecule has 1 fully saturated rings. The van der Waals surface area contributed by atoms with Crippen molar-refractivity contribution in [1.82, 2.24) is 0 Å². The van der Waals surface area contributed by atoms with E-state index in [1.807, 2.05) is 48.5 Å². The molecule has 8 heteroatoms. The minimum Gasteiger partial charge on any atom is -0.478 e. The molecule has 1 aliphatic heterocycles. The van der Waals surface area contributed by atoms with Gasteiger partial charge in [0.1, 0.15) is 0 Å². The van der Waals surface area contributed by atoms with Gasteiger partial charge < -0.3 is 25.0 Å². The number of amides is 1. The summed E-state index contributed by atoms with van der Waals surface area (Å²) in [6.07, 6.45) is -0.554. The highest BCUT2D eigenvalue weighted by atomic mass is 32.2. The Morgan fingerprint density at radius 1 is 1.00 bits per heavy atom. The van der Waals surface area contributed by atoms with Crippen molar-refractivity contribution < 1.29 is 29.3 Å². The molecule has 0 aromatic heterocycles. The lowest BCUT2D eigenvalue weighted by atomic mass is 10.0. The summed E-state index contributed by atoms with van der Waals surface area (Å²) in [6, 6.07) is 21.9. The number of nitrogens with one attached hydrogen (secondary N) is 1. The first-order chi connectivity index (χ1) is 16.9. The van der Waals surface area contributed by atoms with Crippen LogP contribution in [-0.2, 0) is 20.9 Å². The lowest BCUT2D eigenvalue weighted by molar-refractivity contribution is -0.245. The van der Waals surface area contributed by atoms with E-state index in [-0.39, 0.29) is 30.3 Å². The van der Waals surface area contributed by atoms with Crippen molar-refractivity contribution in [3.05, 3.63) is 95.1 Å². The smallest absolute Gasteiger partial charge is 0.336 e. The standard InChI is InChI=1S/C27H27NO6S/c1-17(30)28-21-6-4-5-20(13-21)27-33-22(16-35-25-8-3-2-7-23(25)26(31)32)14-24(34-27)19-11-9-18(15-29)10-12-19/h2-13,22,24,27,29H,14-16H2,1H3,(H,28,30)(H,31,32). The first kappa shape index (κ1) is 24.9. The van der Waals surface area contributed by atoms with E-state index in [1.54, 1.807) is 24.3 Å². The summed E-state index contributed by atoms with van der Waals surface area (Å²) in [6.45, 7) is 1.42. The Bertz CT molecular complexity index is 1180. The van der Waals surface area contributed by atoms with Gasteiger partial charge in [0, 0.05) is 35.2 Å². The van der Waals surface area contributed by atoms with Crippen LogP contribution in [0.5, 0.6) is 0 Å². The second-order valence-corrected chi connectivity index (χ2v) is 9.33. The fourth-order valence-corrected chi connectivity index (χ4v) is 5.01. The molecular weight excluding hydrogens is 466 g/mol. The molecule has 4 rings (SSSR count). The zero-order valence-electron chi connectivity index (χ0n) is 19.2. The third-order valence-electron chi connectivity index (χ3n) is 5.64. The van der Waals surface area contributed by atoms with Gasteiger partial charge in [-0.05, 0) is 35.4 Å². The highest BCUT2D eigenvalue weighted by Gasteiger charge is 2.32. The maximum atomic E-state index is 11.6. The fraction of sp³-hybridized carbons (Fsp3) is 0.259. The first-order valence-corrected chi connectivity index (χ1v) is 12.2. The molecule has 3 atom stereocenters. The van der Waals surface area contributed by atoms with Crippen LogP contribution in [0.4, 0.5) is 5.69 Å². The van der Waals surface area contributed by atoms with Gasteiger partial charge in [-0.1, -0.05) is 48.5 Å². The van der Waals surface area contributed by atoms with Crippen LogP contribution in [0.3, 0.4) is 0 Å². The maximum Gasteiger partial charge on any atom is 0.336 e. The first-order valence-electron chi connectivity index (χ1n) is 11.3. The molecule has 35 heavy (non-hydrogen) atoms. The maximum absolute atomic E-state index is 11.6. The Hall–Kier alpha value is -3.17. The highest BCUT2D eigenvalue weighted by molar-refractivity contribution is 7.99. The normalized spacial score (nSPS) is 19.8. The largest absolute Gasteiger partial charge is 0.478 e. The van der Waals surface area contributed by atoms with Gasteiger partial charge in [0.05, 0.1) is 24.4 Å². The molecule has 3 aromatic carbocycles. The lowest BCUT2D eigenvalue weighted by Gasteiger charge is -2.36. The third-order valence-corrected chi connectivity index (χ3v) is 6.84. The number of ether oxygens (including phenoxy) is 2. The van der Waals surface area contributed by atoms with Gasteiger partial charge in [-0.3, -0.25) is 4.79 Å². The van der Waals surface area contributed by atoms with Crippen molar-refractivity contribution in [3.8, 4) is 0 Å². The zero-order valence-corrected chi connectivity index (χ0v) is 20.0. The third kappa shape index (κ3) is 6.49. The van der Waals surface area contributed by atoms with Crippen LogP contribution in [0, 0.1) is 0 Å². The zero-order chi connectivity index (χ0) is 24.8. The highest BCUT2D eigenvalue weighted by Crippen LogP contribution is 2.40. The predicted octanol–water partition coefficient (Wildman–Crippen LogP) is 5.17. The van der Waals surface area contributed by atoms with Crippen LogP contribution in [0.2, 0.25) is 0 Å². The molecule has 0 radical (unpaired) electrons. The predicted molar refractivity (Wildman–Crippen MR) is 133 cm³/mol. The molecule has 0 saturated carbocycles. The summed E-state index contributed by atoms with van der Waals surface area (Å²) in [5.41, 5.74) is 3.47. The number of aliphatic hydroxyl groups is 1. The van der Waals surface area contributed by atoms with Crippen molar-refractivity contribution in [2.75, 3.05) is 11.1 Å². The average molecular weight is 494 g/mol. The molecule has 1 heterocycles. The van der Waals surface area contributed by atoms with E-state index in [0.717, 1.165) is 16.7 Å². The van der Waals surface area contributed by atoms with Crippen LogP contribution in [0.25, 0.3) is 0 Å². The number of aromatic carboxylic acids is 1. The topological polar surface area (TPSA) is 105 Å². The van der Waals surface area contributed by atoms with Gasteiger partial charge in [-0.15, -0.1) is 11.8 Å². The molecule has 0 bridgehead atoms. The van der Waals surface area contributed by atoms with Crippen molar-refractivity contribution in [1.29, 1.82) is 0 Å². The minimum absolute atomic E-state index is 0.0320. The summed E-state index contributed by atoms with van der Waals surface area (Å²) in [7, 11) is 0. The van der Waals surface area contributed by atoms with E-state index in [9.17, 15) is 19.8 Å². The SMILES string of the molecule is CC(=O)Nc1cccc(C2OC(CSc3ccccc3C(=O)O)CC(c3ccc(CO)cc3)O2)c1. The number of benzene rings is 3. The Kier molecular flexibility index (Phi) is 8.20. The number of carboxylic acids is 1. The number of anilines is 1. The van der Waals surface area contributed by atoms with Crippen LogP contribution in [0.1, 0.15) is 52.8 Å². The van der Waals surface area contributed by atoms with E-state index in [0.29, 0.717) is 22.8 Å². The number of hydrogen-bond donors (Lipinski definition) is 3. The van der Waals surface area contributed by atoms with Crippen LogP contribution < -0.4 is 5.32 Å². The lowest BCUT2D eigenvalue weighted by Crippen LogP contribution is -2.31. The molecule has 7 nitrogen and oxygen atoms in total. The molecule has 1 aliphatic rings. The number of thioether (sulfide) groups is 1. The second-order valence-electron chi connectivity index (χ2n) is 8.27. The average Bonchev–Trinajstić information content (AvgIpc) is 2.87. The van der Waals surface area contributed by atoms with E-state index < -0.39 is 12.3 Å². The van der Waals surface area contributed by atoms with Crippen molar-refractivity contribution >= 4 is 29.3 Å². The summed E-state index contributed by atoms with van der Waals surface area (Å²) in [5, 5.41) is 21.7. The van der Waals surface area contributed by atoms with Gasteiger partial charge in [0.25, 0.3) is 0 Å². The summed E-state index contributed by atoms with van der Waals surface area (Å²) >= 11 is 1.44. The quantitative estimate of drug-likeness (QED) is 0.372. The summed E-state index contributed by atoms with van der Waals surface area (Å²) in [5.74, 6) is -0.586. The molecule has 3 unspecified atom stereocenters. The van der Waals surface area contributed by atoms with Crippen molar-refractivity contribution in [2.24, 2.45) is 0 Å². The minimum atomic E-state index is -0.962. The second kappa shape index (κ2) is 11.5. The van der Waals surface area contributed by atoms with E-state index in [1.165, 1.54) is 18.7 Å². The monoisotopic (exact) mass is 493 g/mol. The van der Waals surface area contributed by atoms with Gasteiger partial charge in [0.15, 0.2) is 6.29 Å². The molecule has 0 spiro atoms. The summed E-state index contributed by atoms with van der Waals surface area (Å²) < 4.78 is 12.6. The van der Waals surface area contributed by atoms with Crippen LogP contribution in [-0.4, -0.2) is 33.9 Å². The molecular formula is C27H27NO6S. The Balaban J connectivity index is 1.57. The van der Waals surface area contributed by atoms with Crippen LogP contribution >= 0.6 is 11.8 Å². The fourth-order valence-electron chi connectivity index (χ4n) is 3.94. The molecule has 3 aromatic rings. The van der Waals surface area contributed by atoms with Crippen molar-refractivity contribution in [3.63, 3.8) is 0 Å². The number of carboxylic acid groups (broad SMARTS) is 1. The van der Waals surface area contributed by atoms with E-state index in [4.69, 9.17) is 9.47 Å². The van der Waals surface area contributed by atoms with Gasteiger partial charge in [0.2, 0.25) is 5.91 Å². The van der Waals surface area contributed by atoms with E-state index in [2.05, 4.69) is 5.32 Å². The molecule has 0 aliphatic carbocycles. The number of rotatable bonds is 8. The molecule has 3 N–H and O–H groups in total. The molecule has 1 saturated heterocycles. The Morgan fingerprint density at radius 2 is 1.77 bits per heavy atom. The number of carbonyl (C=O) groups is 2. The van der Waals surface area contributed by atoms with Gasteiger partial charge in [-0.2, -0.15) is 0 Å². The Labute approximate surface area is 208 Å². The van der Waals surface area contributed by atoms with Crippen LogP contribution in [0.15, 0.2) is 77.7 Å². The molecule has 182 valence electrons. The summed E-state index contributed by atoms with van der Waals surface area (Å²) in [4.78, 5) is 23.8. The van der Waals surface area contributed by atoms with Crippen molar-refractivity contribution in [2.45, 2.75) is 43.3 Å². The van der Waals surface area contributed by atoms with E-state index >= 15 is 0 Å². The number of aliphatic hydroxyl groups excluding tert-OH is 1. The number of hydrogen-bond acceptors (Lipinski definition) is 6. The Morgan fingerprint density at radius 3 is 2.49 bits per heavy atom. The van der Waals surface area contributed by atoms with Gasteiger partial charge >= 0.3 is 5.97 Å². The van der Waals surface area contributed by atoms with Gasteiger partial charge in [-0.25, -0.2) is 4.79 Å². The molecule has 1 amide bonds. The number of carbonyl (C=O) groups excluding carboxylic acids is 1.